The third-order valence-corrected chi connectivity index (χ3v) is 5.04. The van der Waals surface area contributed by atoms with Gasteiger partial charge in [0.15, 0.2) is 0 Å². The molecule has 0 saturated carbocycles. The third-order valence-electron chi connectivity index (χ3n) is 3.23. The summed E-state index contributed by atoms with van der Waals surface area (Å²) in [6, 6.07) is 7.44. The zero-order valence-electron chi connectivity index (χ0n) is 11.8. The molecule has 0 saturated heterocycles. The van der Waals surface area contributed by atoms with Gasteiger partial charge in [-0.3, -0.25) is 0 Å². The van der Waals surface area contributed by atoms with Crippen LogP contribution in [0.3, 0.4) is 0 Å². The first kappa shape index (κ1) is 16.1. The predicted octanol–water partition coefficient (Wildman–Crippen LogP) is 2.10. The van der Waals surface area contributed by atoms with Gasteiger partial charge in [0.2, 0.25) is 10.0 Å². The molecule has 0 aliphatic heterocycles. The van der Waals surface area contributed by atoms with Gasteiger partial charge in [0.05, 0.1) is 5.75 Å². The normalized spacial score (nSPS) is 12.0. The molecule has 0 spiro atoms. The van der Waals surface area contributed by atoms with Crippen molar-refractivity contribution >= 4 is 10.0 Å². The number of rotatable bonds is 8. The van der Waals surface area contributed by atoms with Crippen LogP contribution in [0.1, 0.15) is 37.3 Å². The number of nitrogens with two attached hydrogens (primary N) is 1. The van der Waals surface area contributed by atoms with Crippen LogP contribution in [0.25, 0.3) is 0 Å². The van der Waals surface area contributed by atoms with Gasteiger partial charge >= 0.3 is 0 Å². The van der Waals surface area contributed by atoms with Crippen LogP contribution in [0.2, 0.25) is 0 Å². The van der Waals surface area contributed by atoms with Gasteiger partial charge in [0.25, 0.3) is 0 Å². The minimum Gasteiger partial charge on any atom is -0.326 e. The van der Waals surface area contributed by atoms with E-state index in [9.17, 15) is 8.42 Å². The van der Waals surface area contributed by atoms with Crippen LogP contribution < -0.4 is 5.73 Å². The molecule has 0 heterocycles. The fourth-order valence-electron chi connectivity index (χ4n) is 1.93. The summed E-state index contributed by atoms with van der Waals surface area (Å²) in [5.74, 6) is 0.0308. The van der Waals surface area contributed by atoms with Crippen molar-refractivity contribution < 1.29 is 8.42 Å². The lowest BCUT2D eigenvalue weighted by Crippen LogP contribution is -2.29. The predicted molar refractivity (Wildman–Crippen MR) is 79.1 cm³/mol. The maximum atomic E-state index is 12.2. The second-order valence-corrected chi connectivity index (χ2v) is 6.83. The summed E-state index contributed by atoms with van der Waals surface area (Å²) in [6.07, 6.45) is 3.05. The maximum Gasteiger partial charge on any atom is 0.218 e. The first-order chi connectivity index (χ1) is 9.01. The molecule has 0 aromatic heterocycles. The fourth-order valence-corrected chi connectivity index (χ4v) is 3.23. The lowest BCUT2D eigenvalue weighted by molar-refractivity contribution is 0.453. The van der Waals surface area contributed by atoms with Gasteiger partial charge in [-0.05, 0) is 17.5 Å². The summed E-state index contributed by atoms with van der Waals surface area (Å²) in [4.78, 5) is 0. The average Bonchev–Trinajstić information content (AvgIpc) is 2.39. The number of nitrogens with zero attached hydrogens (tertiary/aromatic N) is 1. The number of unbranched alkanes of at least 4 members (excludes halogenated alkanes) is 2. The summed E-state index contributed by atoms with van der Waals surface area (Å²) in [7, 11) is -1.60. The molecule has 0 aliphatic rings. The Labute approximate surface area is 116 Å². The Morgan fingerprint density at radius 3 is 2.37 bits per heavy atom. The Kier molecular flexibility index (Phi) is 6.48. The van der Waals surface area contributed by atoms with Gasteiger partial charge in [-0.1, -0.05) is 44.0 Å². The summed E-state index contributed by atoms with van der Waals surface area (Å²) in [6.45, 7) is 3.05. The first-order valence-electron chi connectivity index (χ1n) is 6.72. The topological polar surface area (TPSA) is 63.4 Å². The van der Waals surface area contributed by atoms with Crippen molar-refractivity contribution in [3.63, 3.8) is 0 Å². The highest BCUT2D eigenvalue weighted by Gasteiger charge is 2.19. The number of sulfonamides is 1. The molecule has 1 aromatic rings. The Morgan fingerprint density at radius 2 is 1.79 bits per heavy atom. The summed E-state index contributed by atoms with van der Waals surface area (Å²) in [5.41, 5.74) is 7.33. The van der Waals surface area contributed by atoms with Crippen molar-refractivity contribution in [3.8, 4) is 0 Å². The number of hydrogen-bond acceptors (Lipinski definition) is 3. The van der Waals surface area contributed by atoms with Crippen LogP contribution in [0.4, 0.5) is 0 Å². The second-order valence-electron chi connectivity index (χ2n) is 4.76. The largest absolute Gasteiger partial charge is 0.326 e. The monoisotopic (exact) mass is 284 g/mol. The lowest BCUT2D eigenvalue weighted by atomic mass is 10.1. The molecule has 4 nitrogen and oxygen atoms in total. The van der Waals surface area contributed by atoms with E-state index >= 15 is 0 Å². The minimum atomic E-state index is -3.25. The Balaban J connectivity index is 2.73. The van der Waals surface area contributed by atoms with Crippen LogP contribution in [0, 0.1) is 0 Å². The van der Waals surface area contributed by atoms with Crippen LogP contribution >= 0.6 is 0 Å². The number of benzene rings is 1. The molecular formula is C14H24N2O2S. The van der Waals surface area contributed by atoms with Gasteiger partial charge in [0.1, 0.15) is 0 Å². The van der Waals surface area contributed by atoms with E-state index in [1.807, 2.05) is 24.3 Å². The summed E-state index contributed by atoms with van der Waals surface area (Å²) >= 11 is 0. The highest BCUT2D eigenvalue weighted by Crippen LogP contribution is 2.14. The molecule has 2 N–H and O–H groups in total. The lowest BCUT2D eigenvalue weighted by Gasteiger charge is -2.18. The van der Waals surface area contributed by atoms with Gasteiger partial charge in [-0.15, -0.1) is 0 Å². The Bertz CT molecular complexity index is 486. The molecule has 1 aromatic carbocycles. The molecule has 0 aliphatic carbocycles. The highest BCUT2D eigenvalue weighted by molar-refractivity contribution is 7.88. The van der Waals surface area contributed by atoms with E-state index < -0.39 is 10.0 Å². The smallest absolute Gasteiger partial charge is 0.218 e. The van der Waals surface area contributed by atoms with Crippen molar-refractivity contribution in [3.05, 3.63) is 35.4 Å². The molecule has 0 fully saturated rings. The molecule has 0 amide bonds. The van der Waals surface area contributed by atoms with Gasteiger partial charge in [-0.2, -0.15) is 0 Å². The first-order valence-corrected chi connectivity index (χ1v) is 8.33. The zero-order chi connectivity index (χ0) is 14.3. The number of hydrogen-bond donors (Lipinski definition) is 1. The summed E-state index contributed by atoms with van der Waals surface area (Å²) in [5, 5.41) is 0. The molecule has 5 heteroatoms. The van der Waals surface area contributed by atoms with Crippen molar-refractivity contribution in [2.75, 3.05) is 13.6 Å². The second kappa shape index (κ2) is 7.62. The maximum absolute atomic E-state index is 12.2. The molecule has 108 valence electrons. The summed E-state index contributed by atoms with van der Waals surface area (Å²) < 4.78 is 25.9. The van der Waals surface area contributed by atoms with Crippen LogP contribution in [-0.2, 0) is 22.3 Å². The van der Waals surface area contributed by atoms with Crippen molar-refractivity contribution in [1.29, 1.82) is 0 Å². The fraction of sp³-hybridized carbons (Fsp3) is 0.571. The molecule has 0 radical (unpaired) electrons. The van der Waals surface area contributed by atoms with E-state index in [1.165, 1.54) is 4.31 Å². The van der Waals surface area contributed by atoms with Gasteiger partial charge in [0, 0.05) is 20.1 Å². The standard InChI is InChI=1S/C14H24N2O2S/c1-3-4-7-10-16(2)19(17,18)12-14-9-6-5-8-13(14)11-15/h5-6,8-9H,3-4,7,10-12,15H2,1-2H3. The Hall–Kier alpha value is -0.910. The van der Waals surface area contributed by atoms with Crippen molar-refractivity contribution in [2.45, 2.75) is 38.5 Å². The van der Waals surface area contributed by atoms with E-state index in [2.05, 4.69) is 6.92 Å². The van der Waals surface area contributed by atoms with E-state index in [0.717, 1.165) is 30.4 Å². The molecule has 0 atom stereocenters. The molecular weight excluding hydrogens is 260 g/mol. The van der Waals surface area contributed by atoms with E-state index in [1.54, 1.807) is 7.05 Å². The van der Waals surface area contributed by atoms with Crippen LogP contribution in [-0.4, -0.2) is 26.3 Å². The minimum absolute atomic E-state index is 0.0308. The molecule has 0 bridgehead atoms. The third kappa shape index (κ3) is 4.93. The van der Waals surface area contributed by atoms with Crippen LogP contribution in [0.5, 0.6) is 0 Å². The van der Waals surface area contributed by atoms with E-state index in [0.29, 0.717) is 13.1 Å². The molecule has 19 heavy (non-hydrogen) atoms. The van der Waals surface area contributed by atoms with E-state index in [4.69, 9.17) is 5.73 Å². The van der Waals surface area contributed by atoms with Crippen LogP contribution in [0.15, 0.2) is 24.3 Å². The Morgan fingerprint density at radius 1 is 1.16 bits per heavy atom. The van der Waals surface area contributed by atoms with E-state index in [-0.39, 0.29) is 5.75 Å². The van der Waals surface area contributed by atoms with Crippen molar-refractivity contribution in [1.82, 2.24) is 4.31 Å². The highest BCUT2D eigenvalue weighted by atomic mass is 32.2. The molecule has 0 unspecified atom stereocenters. The van der Waals surface area contributed by atoms with Crippen molar-refractivity contribution in [2.24, 2.45) is 5.73 Å². The quantitative estimate of drug-likeness (QED) is 0.744. The average molecular weight is 284 g/mol. The SMILES string of the molecule is CCCCCN(C)S(=O)(=O)Cc1ccccc1CN. The van der Waals surface area contributed by atoms with Gasteiger partial charge in [-0.25, -0.2) is 12.7 Å². The van der Waals surface area contributed by atoms with Gasteiger partial charge < -0.3 is 5.73 Å². The zero-order valence-corrected chi connectivity index (χ0v) is 12.6. The molecule has 1 rings (SSSR count).